The molecule has 1 aliphatic heterocycles. The van der Waals surface area contributed by atoms with Gasteiger partial charge in [-0.3, -0.25) is 9.59 Å². The van der Waals surface area contributed by atoms with Gasteiger partial charge in [-0.25, -0.2) is 4.98 Å². The summed E-state index contributed by atoms with van der Waals surface area (Å²) >= 11 is 0. The number of carbonyl (C=O) groups excluding carboxylic acids is 1. The molecule has 1 N–H and O–H groups in total. The lowest BCUT2D eigenvalue weighted by atomic mass is 10.1. The first-order valence-electron chi connectivity index (χ1n) is 14.5. The van der Waals surface area contributed by atoms with Gasteiger partial charge in [0.15, 0.2) is 0 Å². The lowest BCUT2D eigenvalue weighted by Gasteiger charge is -2.25. The number of imidazole rings is 1. The Labute approximate surface area is 227 Å². The first-order chi connectivity index (χ1) is 18.2. The van der Waals surface area contributed by atoms with E-state index >= 15 is 0 Å². The van der Waals surface area contributed by atoms with Crippen LogP contribution >= 0.6 is 0 Å². The van der Waals surface area contributed by atoms with E-state index in [0.29, 0.717) is 23.4 Å². The average Bonchev–Trinajstić information content (AvgIpc) is 3.46. The predicted molar refractivity (Wildman–Crippen MR) is 155 cm³/mol. The standard InChI is InChI=1S/C31H45N5O2/c1-22(2)13-18-35(19-14-23(3)4)31(38)25-9-11-27-28(20-25)36(17-7-16-34-15-6-8-24(34)5)30(33-27)26-10-12-29(37)32-21-26/h9-12,20-24H,6-8,13-19H2,1-5H3,(H,32,37). The molecule has 1 amide bonds. The van der Waals surface area contributed by atoms with Crippen molar-refractivity contribution < 1.29 is 4.79 Å². The molecule has 1 fully saturated rings. The van der Waals surface area contributed by atoms with Crippen LogP contribution in [0.1, 0.15) is 77.1 Å². The normalized spacial score (nSPS) is 16.2. The molecule has 3 heterocycles. The summed E-state index contributed by atoms with van der Waals surface area (Å²) < 4.78 is 2.23. The SMILES string of the molecule is CC(C)CCN(CCC(C)C)C(=O)c1ccc2nc(-c3ccc(=O)[nH]c3)n(CCCN3CCCC3C)c2c1. The topological polar surface area (TPSA) is 74.2 Å². The highest BCUT2D eigenvalue weighted by Gasteiger charge is 2.22. The maximum Gasteiger partial charge on any atom is 0.253 e. The van der Waals surface area contributed by atoms with Crippen LogP contribution in [0.4, 0.5) is 0 Å². The maximum absolute atomic E-state index is 13.7. The predicted octanol–water partition coefficient (Wildman–Crippen LogP) is 5.80. The minimum atomic E-state index is -0.129. The molecular formula is C31H45N5O2. The molecule has 1 saturated heterocycles. The van der Waals surface area contributed by atoms with Crippen LogP contribution in [0.15, 0.2) is 41.3 Å². The summed E-state index contributed by atoms with van der Waals surface area (Å²) in [6, 6.07) is 9.92. The second-order valence-electron chi connectivity index (χ2n) is 11.8. The van der Waals surface area contributed by atoms with Gasteiger partial charge >= 0.3 is 0 Å². The molecule has 1 aliphatic rings. The molecule has 0 radical (unpaired) electrons. The van der Waals surface area contributed by atoms with Gasteiger partial charge in [-0.15, -0.1) is 0 Å². The van der Waals surface area contributed by atoms with Crippen LogP contribution < -0.4 is 5.56 Å². The molecule has 1 aromatic carbocycles. The molecular weight excluding hydrogens is 474 g/mol. The quantitative estimate of drug-likeness (QED) is 0.328. The summed E-state index contributed by atoms with van der Waals surface area (Å²) in [5.74, 6) is 2.02. The molecule has 0 saturated carbocycles. The Bertz CT molecular complexity index is 1240. The fraction of sp³-hybridized carbons (Fsp3) is 0.581. The third kappa shape index (κ3) is 6.93. The summed E-state index contributed by atoms with van der Waals surface area (Å²) in [6.07, 6.45) is 7.26. The van der Waals surface area contributed by atoms with Crippen molar-refractivity contribution in [2.45, 2.75) is 79.3 Å². The molecule has 206 valence electrons. The van der Waals surface area contributed by atoms with Gasteiger partial charge < -0.3 is 19.4 Å². The van der Waals surface area contributed by atoms with Crippen LogP contribution in [0.25, 0.3) is 22.4 Å². The second kappa shape index (κ2) is 12.7. The van der Waals surface area contributed by atoms with Crippen molar-refractivity contribution in [1.29, 1.82) is 0 Å². The fourth-order valence-corrected chi connectivity index (χ4v) is 5.33. The molecule has 4 rings (SSSR count). The Morgan fingerprint density at radius 2 is 1.82 bits per heavy atom. The summed E-state index contributed by atoms with van der Waals surface area (Å²) in [6.45, 7) is 15.7. The highest BCUT2D eigenvalue weighted by molar-refractivity contribution is 5.98. The number of hydrogen-bond donors (Lipinski definition) is 1. The van der Waals surface area contributed by atoms with E-state index in [1.54, 1.807) is 12.3 Å². The molecule has 0 spiro atoms. The van der Waals surface area contributed by atoms with Gasteiger partial charge in [0.1, 0.15) is 5.82 Å². The van der Waals surface area contributed by atoms with Crippen LogP contribution in [-0.4, -0.2) is 62.5 Å². The van der Waals surface area contributed by atoms with Crippen LogP contribution in [0, 0.1) is 11.8 Å². The molecule has 0 bridgehead atoms. The largest absolute Gasteiger partial charge is 0.339 e. The molecule has 38 heavy (non-hydrogen) atoms. The number of H-pyrrole nitrogens is 1. The van der Waals surface area contributed by atoms with Gasteiger partial charge in [-0.05, 0) is 81.7 Å². The number of aromatic nitrogens is 3. The smallest absolute Gasteiger partial charge is 0.253 e. The van der Waals surface area contributed by atoms with E-state index in [0.717, 1.165) is 67.9 Å². The number of hydrogen-bond acceptors (Lipinski definition) is 4. The number of benzene rings is 1. The van der Waals surface area contributed by atoms with E-state index in [2.05, 4.69) is 49.1 Å². The number of nitrogens with one attached hydrogen (secondary N) is 1. The van der Waals surface area contributed by atoms with Gasteiger partial charge in [-0.1, -0.05) is 27.7 Å². The van der Waals surface area contributed by atoms with Crippen molar-refractivity contribution in [3.8, 4) is 11.4 Å². The van der Waals surface area contributed by atoms with Gasteiger partial charge in [0.25, 0.3) is 5.91 Å². The van der Waals surface area contributed by atoms with Gasteiger partial charge in [-0.2, -0.15) is 0 Å². The van der Waals surface area contributed by atoms with Gasteiger partial charge in [0.2, 0.25) is 5.56 Å². The molecule has 7 nitrogen and oxygen atoms in total. The number of amides is 1. The molecule has 7 heteroatoms. The molecule has 3 aromatic rings. The fourth-order valence-electron chi connectivity index (χ4n) is 5.33. The highest BCUT2D eigenvalue weighted by Crippen LogP contribution is 2.27. The Kier molecular flexibility index (Phi) is 9.42. The Hall–Kier alpha value is -2.93. The minimum absolute atomic E-state index is 0.0948. The molecule has 1 atom stereocenters. The van der Waals surface area contributed by atoms with E-state index < -0.39 is 0 Å². The zero-order valence-electron chi connectivity index (χ0n) is 23.9. The summed E-state index contributed by atoms with van der Waals surface area (Å²) in [7, 11) is 0. The lowest BCUT2D eigenvalue weighted by molar-refractivity contribution is 0.0741. The summed E-state index contributed by atoms with van der Waals surface area (Å²) in [5, 5.41) is 0. The zero-order chi connectivity index (χ0) is 27.2. The van der Waals surface area contributed by atoms with E-state index in [1.165, 1.54) is 19.4 Å². The first-order valence-corrected chi connectivity index (χ1v) is 14.5. The summed E-state index contributed by atoms with van der Waals surface area (Å²) in [4.78, 5) is 37.7. The van der Waals surface area contributed by atoms with Crippen LogP contribution in [0.2, 0.25) is 0 Å². The van der Waals surface area contributed by atoms with Crippen molar-refractivity contribution in [1.82, 2.24) is 24.3 Å². The van der Waals surface area contributed by atoms with Crippen molar-refractivity contribution in [2.75, 3.05) is 26.2 Å². The molecule has 2 aromatic heterocycles. The van der Waals surface area contributed by atoms with Gasteiger partial charge in [0, 0.05) is 55.6 Å². The Morgan fingerprint density at radius 3 is 2.42 bits per heavy atom. The number of aryl methyl sites for hydroxylation is 1. The molecule has 1 unspecified atom stereocenters. The number of carbonyl (C=O) groups is 1. The first kappa shape index (κ1) is 28.1. The number of nitrogens with zero attached hydrogens (tertiary/aromatic N) is 4. The number of aromatic amines is 1. The Morgan fingerprint density at radius 1 is 1.08 bits per heavy atom. The average molecular weight is 520 g/mol. The second-order valence-corrected chi connectivity index (χ2v) is 11.8. The van der Waals surface area contributed by atoms with E-state index in [1.807, 2.05) is 29.2 Å². The van der Waals surface area contributed by atoms with E-state index in [4.69, 9.17) is 4.98 Å². The monoisotopic (exact) mass is 519 g/mol. The van der Waals surface area contributed by atoms with Crippen molar-refractivity contribution in [3.05, 3.63) is 52.4 Å². The third-order valence-electron chi connectivity index (χ3n) is 7.80. The maximum atomic E-state index is 13.7. The minimum Gasteiger partial charge on any atom is -0.339 e. The van der Waals surface area contributed by atoms with Crippen LogP contribution in [0.3, 0.4) is 0 Å². The number of rotatable bonds is 12. The van der Waals surface area contributed by atoms with E-state index in [9.17, 15) is 9.59 Å². The summed E-state index contributed by atoms with van der Waals surface area (Å²) in [5.41, 5.74) is 3.30. The van der Waals surface area contributed by atoms with Crippen molar-refractivity contribution >= 4 is 16.9 Å². The lowest BCUT2D eigenvalue weighted by Crippen LogP contribution is -2.34. The Balaban J connectivity index is 1.65. The number of fused-ring (bicyclic) bond motifs is 1. The number of pyridine rings is 1. The molecule has 0 aliphatic carbocycles. The van der Waals surface area contributed by atoms with Crippen molar-refractivity contribution in [2.24, 2.45) is 11.8 Å². The third-order valence-corrected chi connectivity index (χ3v) is 7.80. The van der Waals surface area contributed by atoms with E-state index in [-0.39, 0.29) is 11.5 Å². The zero-order valence-corrected chi connectivity index (χ0v) is 23.9. The van der Waals surface area contributed by atoms with Gasteiger partial charge in [0.05, 0.1) is 11.0 Å². The van der Waals surface area contributed by atoms with Crippen molar-refractivity contribution in [3.63, 3.8) is 0 Å². The van der Waals surface area contributed by atoms with Crippen LogP contribution in [-0.2, 0) is 6.54 Å². The number of likely N-dealkylation sites (tertiary alicyclic amines) is 1. The highest BCUT2D eigenvalue weighted by atomic mass is 16.2. The van der Waals surface area contributed by atoms with Crippen LogP contribution in [0.5, 0.6) is 0 Å².